The lowest BCUT2D eigenvalue weighted by Gasteiger charge is -2.42. The molecule has 0 radical (unpaired) electrons. The summed E-state index contributed by atoms with van der Waals surface area (Å²) in [5.74, 6) is 0.627. The molecule has 1 heterocycles. The van der Waals surface area contributed by atoms with E-state index in [1.54, 1.807) is 0 Å². The van der Waals surface area contributed by atoms with E-state index in [0.29, 0.717) is 44.2 Å². The highest BCUT2D eigenvalue weighted by atomic mass is 35.5. The first-order valence-corrected chi connectivity index (χ1v) is 8.30. The van der Waals surface area contributed by atoms with E-state index >= 15 is 0 Å². The third-order valence-electron chi connectivity index (χ3n) is 4.41. The lowest BCUT2D eigenvalue weighted by Crippen LogP contribution is -2.54. The molecular weight excluding hydrogens is 328 g/mol. The van der Waals surface area contributed by atoms with Crippen molar-refractivity contribution in [3.05, 3.63) is 29.8 Å². The highest BCUT2D eigenvalue weighted by Gasteiger charge is 2.36. The number of amides is 1. The Kier molecular flexibility index (Phi) is 8.00. The Labute approximate surface area is 150 Å². The van der Waals surface area contributed by atoms with Gasteiger partial charge in [0.25, 0.3) is 5.91 Å². The van der Waals surface area contributed by atoms with Gasteiger partial charge in [-0.2, -0.15) is 0 Å². The van der Waals surface area contributed by atoms with E-state index < -0.39 is 0 Å². The average molecular weight is 357 g/mol. The summed E-state index contributed by atoms with van der Waals surface area (Å²) in [5.41, 5.74) is 6.70. The van der Waals surface area contributed by atoms with Gasteiger partial charge >= 0.3 is 0 Å². The summed E-state index contributed by atoms with van der Waals surface area (Å²) >= 11 is 0. The molecule has 1 saturated heterocycles. The summed E-state index contributed by atoms with van der Waals surface area (Å²) in [4.78, 5) is 14.8. The summed E-state index contributed by atoms with van der Waals surface area (Å²) in [6.45, 7) is 9.15. The molecule has 6 heteroatoms. The number of benzene rings is 1. The molecule has 136 valence electrons. The molecule has 24 heavy (non-hydrogen) atoms. The van der Waals surface area contributed by atoms with E-state index in [-0.39, 0.29) is 29.8 Å². The first kappa shape index (κ1) is 20.7. The lowest BCUT2D eigenvalue weighted by molar-refractivity contribution is 0.0526. The monoisotopic (exact) mass is 356 g/mol. The minimum Gasteiger partial charge on any atom is -0.490 e. The molecular formula is C18H29ClN2O3. The van der Waals surface area contributed by atoms with Crippen LogP contribution in [0.4, 0.5) is 0 Å². The van der Waals surface area contributed by atoms with Gasteiger partial charge in [0, 0.05) is 25.7 Å². The highest BCUT2D eigenvalue weighted by Crippen LogP contribution is 2.30. The number of ether oxygens (including phenoxy) is 2. The molecule has 2 N–H and O–H groups in total. The van der Waals surface area contributed by atoms with Crippen LogP contribution in [0, 0.1) is 5.41 Å². The summed E-state index contributed by atoms with van der Waals surface area (Å²) < 4.78 is 11.0. The third kappa shape index (κ3) is 5.10. The number of hydrogen-bond acceptors (Lipinski definition) is 4. The van der Waals surface area contributed by atoms with Crippen LogP contribution in [0.25, 0.3) is 0 Å². The maximum absolute atomic E-state index is 12.9. The zero-order chi connectivity index (χ0) is 16.9. The normalized spacial score (nSPS) is 19.5. The third-order valence-corrected chi connectivity index (χ3v) is 4.41. The van der Waals surface area contributed by atoms with E-state index in [1.165, 1.54) is 0 Å². The Bertz CT molecular complexity index is 537. The molecule has 0 bridgehead atoms. The topological polar surface area (TPSA) is 64.8 Å². The Hall–Kier alpha value is -1.30. The fourth-order valence-electron chi connectivity index (χ4n) is 2.84. The Morgan fingerprint density at radius 3 is 2.71 bits per heavy atom. The minimum atomic E-state index is -0.0708. The van der Waals surface area contributed by atoms with Gasteiger partial charge in [0.1, 0.15) is 12.4 Å². The first-order chi connectivity index (χ1) is 11.0. The van der Waals surface area contributed by atoms with Gasteiger partial charge in [-0.15, -0.1) is 12.4 Å². The van der Waals surface area contributed by atoms with E-state index in [0.717, 1.165) is 6.42 Å². The number of halogens is 1. The van der Waals surface area contributed by atoms with Crippen molar-refractivity contribution in [2.24, 2.45) is 11.1 Å². The van der Waals surface area contributed by atoms with Crippen molar-refractivity contribution < 1.29 is 14.3 Å². The van der Waals surface area contributed by atoms with Crippen LogP contribution in [0.15, 0.2) is 24.3 Å². The van der Waals surface area contributed by atoms with Crippen molar-refractivity contribution in [2.75, 3.05) is 32.9 Å². The zero-order valence-electron chi connectivity index (χ0n) is 14.8. The van der Waals surface area contributed by atoms with Crippen LogP contribution in [-0.4, -0.2) is 49.8 Å². The molecule has 1 aliphatic heterocycles. The van der Waals surface area contributed by atoms with Crippen molar-refractivity contribution in [1.82, 2.24) is 4.90 Å². The number of rotatable bonds is 6. The molecule has 1 amide bonds. The van der Waals surface area contributed by atoms with Gasteiger partial charge in [0.2, 0.25) is 0 Å². The molecule has 2 rings (SSSR count). The molecule has 5 nitrogen and oxygen atoms in total. The molecule has 1 aromatic rings. The largest absolute Gasteiger partial charge is 0.490 e. The van der Waals surface area contributed by atoms with E-state index in [1.807, 2.05) is 36.1 Å². The summed E-state index contributed by atoms with van der Waals surface area (Å²) in [5, 5.41) is 0. The molecule has 1 atom stereocenters. The van der Waals surface area contributed by atoms with E-state index in [2.05, 4.69) is 13.8 Å². The van der Waals surface area contributed by atoms with E-state index in [4.69, 9.17) is 15.2 Å². The number of para-hydroxylation sites is 1. The van der Waals surface area contributed by atoms with Crippen LogP contribution < -0.4 is 10.5 Å². The number of carbonyl (C=O) groups is 1. The minimum absolute atomic E-state index is 0. The molecule has 0 saturated carbocycles. The van der Waals surface area contributed by atoms with Crippen LogP contribution in [0.2, 0.25) is 0 Å². The summed E-state index contributed by atoms with van der Waals surface area (Å²) in [7, 11) is 0. The Morgan fingerprint density at radius 1 is 1.33 bits per heavy atom. The lowest BCUT2D eigenvalue weighted by atomic mass is 9.79. The molecule has 0 spiro atoms. The molecule has 0 aliphatic carbocycles. The van der Waals surface area contributed by atoms with E-state index in [9.17, 15) is 4.79 Å². The van der Waals surface area contributed by atoms with Crippen LogP contribution in [0.1, 0.15) is 37.6 Å². The molecule has 1 aromatic carbocycles. The van der Waals surface area contributed by atoms with Crippen molar-refractivity contribution in [2.45, 2.75) is 33.2 Å². The highest BCUT2D eigenvalue weighted by molar-refractivity contribution is 5.97. The fourth-order valence-corrected chi connectivity index (χ4v) is 2.84. The Balaban J connectivity index is 0.00000288. The summed E-state index contributed by atoms with van der Waals surface area (Å²) in [6, 6.07) is 7.52. The van der Waals surface area contributed by atoms with Gasteiger partial charge in [0.15, 0.2) is 0 Å². The van der Waals surface area contributed by atoms with Gasteiger partial charge in [-0.25, -0.2) is 0 Å². The number of nitrogens with zero attached hydrogens (tertiary/aromatic N) is 1. The molecule has 0 aromatic heterocycles. The predicted molar refractivity (Wildman–Crippen MR) is 98.0 cm³/mol. The second-order valence-corrected chi connectivity index (χ2v) is 6.65. The van der Waals surface area contributed by atoms with Gasteiger partial charge < -0.3 is 20.1 Å². The summed E-state index contributed by atoms with van der Waals surface area (Å²) in [6.07, 6.45) is 0.826. The quantitative estimate of drug-likeness (QED) is 0.796. The van der Waals surface area contributed by atoms with Crippen molar-refractivity contribution in [3.63, 3.8) is 0 Å². The molecule has 1 aliphatic rings. The molecule has 1 fully saturated rings. The maximum atomic E-state index is 12.9. The fraction of sp³-hybridized carbons (Fsp3) is 0.611. The Morgan fingerprint density at radius 2 is 2.04 bits per heavy atom. The number of piperidine rings is 1. The number of nitrogens with two attached hydrogens (primary N) is 1. The zero-order valence-corrected chi connectivity index (χ0v) is 15.6. The maximum Gasteiger partial charge on any atom is 0.257 e. The first-order valence-electron chi connectivity index (χ1n) is 8.30. The van der Waals surface area contributed by atoms with Crippen molar-refractivity contribution >= 4 is 18.3 Å². The van der Waals surface area contributed by atoms with Gasteiger partial charge in [-0.3, -0.25) is 4.79 Å². The van der Waals surface area contributed by atoms with Crippen LogP contribution in [0.3, 0.4) is 0 Å². The SMILES string of the molecule is CCOCCOc1ccccc1C(=O)N1CCC(N)C(C)(C)C1.Cl. The second kappa shape index (κ2) is 9.25. The second-order valence-electron chi connectivity index (χ2n) is 6.65. The van der Waals surface area contributed by atoms with Crippen LogP contribution in [0.5, 0.6) is 5.75 Å². The van der Waals surface area contributed by atoms with Gasteiger partial charge in [-0.05, 0) is 30.9 Å². The molecule has 1 unspecified atom stereocenters. The van der Waals surface area contributed by atoms with Crippen LogP contribution in [-0.2, 0) is 4.74 Å². The number of likely N-dealkylation sites (tertiary alicyclic amines) is 1. The van der Waals surface area contributed by atoms with Crippen LogP contribution >= 0.6 is 12.4 Å². The number of carbonyl (C=O) groups excluding carboxylic acids is 1. The van der Waals surface area contributed by atoms with Gasteiger partial charge in [0.05, 0.1) is 12.2 Å². The van der Waals surface area contributed by atoms with Crippen molar-refractivity contribution in [3.8, 4) is 5.75 Å². The van der Waals surface area contributed by atoms with Crippen molar-refractivity contribution in [1.29, 1.82) is 0 Å². The smallest absolute Gasteiger partial charge is 0.257 e. The van der Waals surface area contributed by atoms with Gasteiger partial charge in [-0.1, -0.05) is 26.0 Å². The number of hydrogen-bond donors (Lipinski definition) is 1. The average Bonchev–Trinajstić information content (AvgIpc) is 2.54. The standard InChI is InChI=1S/C18H28N2O3.ClH/c1-4-22-11-12-23-15-8-6-5-7-14(15)17(21)20-10-9-16(19)18(2,3)13-20;/h5-8,16H,4,9-13,19H2,1-3H3;1H. The predicted octanol–water partition coefficient (Wildman–Crippen LogP) is 2.72.